The summed E-state index contributed by atoms with van der Waals surface area (Å²) in [7, 11) is -0.799. The molecule has 0 fully saturated rings. The molecule has 0 spiro atoms. The summed E-state index contributed by atoms with van der Waals surface area (Å²) in [5, 5.41) is 6.06. The molecule has 0 bridgehead atoms. The Morgan fingerprint density at radius 3 is 2.74 bits per heavy atom. The van der Waals surface area contributed by atoms with Crippen molar-refractivity contribution in [2.45, 2.75) is 20.3 Å². The van der Waals surface area contributed by atoms with E-state index in [0.717, 1.165) is 24.2 Å². The van der Waals surface area contributed by atoms with Crippen molar-refractivity contribution in [3.8, 4) is 0 Å². The lowest BCUT2D eigenvalue weighted by molar-refractivity contribution is 0.0954. The topological polar surface area (TPSA) is 58.2 Å². The van der Waals surface area contributed by atoms with Crippen molar-refractivity contribution in [3.05, 3.63) is 29.3 Å². The van der Waals surface area contributed by atoms with Gasteiger partial charge in [0.15, 0.2) is 0 Å². The van der Waals surface area contributed by atoms with Crippen LogP contribution >= 0.6 is 0 Å². The number of amides is 1. The molecule has 1 atom stereocenters. The zero-order chi connectivity index (χ0) is 14.3. The molecule has 0 aromatic heterocycles. The van der Waals surface area contributed by atoms with Gasteiger partial charge < -0.3 is 10.6 Å². The van der Waals surface area contributed by atoms with Crippen LogP contribution in [0.25, 0.3) is 0 Å². The Morgan fingerprint density at radius 2 is 2.11 bits per heavy atom. The third-order valence-corrected chi connectivity index (χ3v) is 3.54. The molecule has 1 amide bonds. The highest BCUT2D eigenvalue weighted by Crippen LogP contribution is 2.17. The second-order valence-corrected chi connectivity index (χ2v) is 6.02. The second kappa shape index (κ2) is 7.94. The van der Waals surface area contributed by atoms with Gasteiger partial charge in [0.2, 0.25) is 0 Å². The summed E-state index contributed by atoms with van der Waals surface area (Å²) in [4.78, 5) is 12.1. The van der Waals surface area contributed by atoms with Crippen LogP contribution in [0.2, 0.25) is 0 Å². The number of hydrogen-bond donors (Lipinski definition) is 2. The van der Waals surface area contributed by atoms with E-state index in [0.29, 0.717) is 17.9 Å². The van der Waals surface area contributed by atoms with Crippen LogP contribution in [0.3, 0.4) is 0 Å². The Labute approximate surface area is 117 Å². The van der Waals surface area contributed by atoms with E-state index in [2.05, 4.69) is 10.6 Å². The Hall–Kier alpha value is -1.36. The molecule has 0 radical (unpaired) electrons. The summed E-state index contributed by atoms with van der Waals surface area (Å²) >= 11 is 0. The van der Waals surface area contributed by atoms with Crippen LogP contribution < -0.4 is 10.6 Å². The van der Waals surface area contributed by atoms with E-state index in [1.165, 1.54) is 0 Å². The predicted octanol–water partition coefficient (Wildman–Crippen LogP) is 1.93. The summed E-state index contributed by atoms with van der Waals surface area (Å²) in [6.07, 6.45) is 2.41. The van der Waals surface area contributed by atoms with E-state index >= 15 is 0 Å². The molecule has 1 aromatic carbocycles. The molecule has 1 rings (SSSR count). The minimum Gasteiger partial charge on any atom is -0.385 e. The van der Waals surface area contributed by atoms with Crippen molar-refractivity contribution >= 4 is 22.4 Å². The quantitative estimate of drug-likeness (QED) is 0.751. The van der Waals surface area contributed by atoms with Gasteiger partial charge in [-0.2, -0.15) is 0 Å². The van der Waals surface area contributed by atoms with Crippen molar-refractivity contribution < 1.29 is 9.00 Å². The van der Waals surface area contributed by atoms with Gasteiger partial charge in [-0.3, -0.25) is 9.00 Å². The summed E-state index contributed by atoms with van der Waals surface area (Å²) < 4.78 is 10.9. The predicted molar refractivity (Wildman–Crippen MR) is 81.2 cm³/mol. The zero-order valence-corrected chi connectivity index (χ0v) is 12.6. The molecule has 5 heteroatoms. The van der Waals surface area contributed by atoms with Crippen LogP contribution in [-0.2, 0) is 10.8 Å². The first-order valence-electron chi connectivity index (χ1n) is 6.47. The van der Waals surface area contributed by atoms with Gasteiger partial charge in [0.1, 0.15) is 0 Å². The molecule has 0 aliphatic heterocycles. The van der Waals surface area contributed by atoms with Gasteiger partial charge in [-0.25, -0.2) is 0 Å². The van der Waals surface area contributed by atoms with Crippen LogP contribution in [0, 0.1) is 6.92 Å². The average molecular weight is 282 g/mol. The second-order valence-electron chi connectivity index (χ2n) is 4.47. The number of nitrogens with one attached hydrogen (secondary N) is 2. The van der Waals surface area contributed by atoms with Gasteiger partial charge in [-0.1, -0.05) is 6.07 Å². The number of carbonyl (C=O) groups excluding carboxylic acids is 1. The van der Waals surface area contributed by atoms with Crippen molar-refractivity contribution in [2.75, 3.05) is 30.4 Å². The molecule has 0 aliphatic carbocycles. The lowest BCUT2D eigenvalue weighted by atomic mass is 10.1. The molecule has 4 nitrogen and oxygen atoms in total. The maximum absolute atomic E-state index is 12.1. The van der Waals surface area contributed by atoms with E-state index in [-0.39, 0.29) is 5.91 Å². The van der Waals surface area contributed by atoms with Crippen molar-refractivity contribution in [1.82, 2.24) is 5.32 Å². The highest BCUT2D eigenvalue weighted by molar-refractivity contribution is 7.84. The van der Waals surface area contributed by atoms with E-state index < -0.39 is 10.8 Å². The summed E-state index contributed by atoms with van der Waals surface area (Å²) in [5.74, 6) is 0.534. The first-order valence-corrected chi connectivity index (χ1v) is 8.20. The SMILES string of the molecule is CCNc1cc(C)ccc1C(=O)NCCCS(C)=O. The summed E-state index contributed by atoms with van der Waals surface area (Å²) in [5.41, 5.74) is 2.64. The van der Waals surface area contributed by atoms with Crippen LogP contribution in [0.15, 0.2) is 18.2 Å². The molecule has 0 aliphatic rings. The first kappa shape index (κ1) is 15.7. The van der Waals surface area contributed by atoms with Gasteiger partial charge in [0, 0.05) is 41.6 Å². The van der Waals surface area contributed by atoms with Gasteiger partial charge in [0.05, 0.1) is 5.56 Å². The Bertz CT molecular complexity index is 461. The maximum atomic E-state index is 12.1. The van der Waals surface area contributed by atoms with Crippen molar-refractivity contribution in [1.29, 1.82) is 0 Å². The minimum absolute atomic E-state index is 0.0853. The summed E-state index contributed by atoms with van der Waals surface area (Å²) in [6, 6.07) is 5.73. The lowest BCUT2D eigenvalue weighted by Crippen LogP contribution is -2.26. The highest BCUT2D eigenvalue weighted by Gasteiger charge is 2.10. The number of aryl methyl sites for hydroxylation is 1. The smallest absolute Gasteiger partial charge is 0.253 e. The monoisotopic (exact) mass is 282 g/mol. The molecular formula is C14H22N2O2S. The van der Waals surface area contributed by atoms with Crippen LogP contribution in [0.1, 0.15) is 29.3 Å². The molecule has 1 unspecified atom stereocenters. The molecule has 1 aromatic rings. The number of rotatable bonds is 7. The largest absolute Gasteiger partial charge is 0.385 e. The highest BCUT2D eigenvalue weighted by atomic mass is 32.2. The molecule has 0 heterocycles. The normalized spacial score (nSPS) is 11.9. The zero-order valence-electron chi connectivity index (χ0n) is 11.8. The molecule has 2 N–H and O–H groups in total. The Morgan fingerprint density at radius 1 is 1.37 bits per heavy atom. The van der Waals surface area contributed by atoms with E-state index in [9.17, 15) is 9.00 Å². The maximum Gasteiger partial charge on any atom is 0.253 e. The fourth-order valence-corrected chi connectivity index (χ4v) is 2.32. The summed E-state index contributed by atoms with van der Waals surface area (Å²) in [6.45, 7) is 5.33. The number of hydrogen-bond acceptors (Lipinski definition) is 3. The lowest BCUT2D eigenvalue weighted by Gasteiger charge is -2.12. The molecular weight excluding hydrogens is 260 g/mol. The van der Waals surface area contributed by atoms with Gasteiger partial charge in [0.25, 0.3) is 5.91 Å². The van der Waals surface area contributed by atoms with E-state index in [4.69, 9.17) is 0 Å². The van der Waals surface area contributed by atoms with Crippen molar-refractivity contribution in [3.63, 3.8) is 0 Å². The minimum atomic E-state index is -0.799. The Kier molecular flexibility index (Phi) is 6.56. The number of carbonyl (C=O) groups is 1. The fourth-order valence-electron chi connectivity index (χ4n) is 1.77. The van der Waals surface area contributed by atoms with Gasteiger partial charge >= 0.3 is 0 Å². The van der Waals surface area contributed by atoms with E-state index in [1.807, 2.05) is 32.0 Å². The van der Waals surface area contributed by atoms with Gasteiger partial charge in [-0.05, 0) is 38.0 Å². The van der Waals surface area contributed by atoms with Gasteiger partial charge in [-0.15, -0.1) is 0 Å². The number of anilines is 1. The van der Waals surface area contributed by atoms with Crippen LogP contribution in [-0.4, -0.2) is 35.2 Å². The van der Waals surface area contributed by atoms with Crippen LogP contribution in [0.4, 0.5) is 5.69 Å². The third kappa shape index (κ3) is 5.42. The Balaban J connectivity index is 2.63. The fraction of sp³-hybridized carbons (Fsp3) is 0.500. The molecule has 0 saturated heterocycles. The molecule has 19 heavy (non-hydrogen) atoms. The standard InChI is InChI=1S/C14H22N2O2S/c1-4-15-13-10-11(2)6-7-12(13)14(17)16-8-5-9-19(3)18/h6-7,10,15H,4-5,8-9H2,1-3H3,(H,16,17). The third-order valence-electron chi connectivity index (χ3n) is 2.68. The average Bonchev–Trinajstić information content (AvgIpc) is 2.35. The van der Waals surface area contributed by atoms with Crippen LogP contribution in [0.5, 0.6) is 0 Å². The van der Waals surface area contributed by atoms with Crippen molar-refractivity contribution in [2.24, 2.45) is 0 Å². The first-order chi connectivity index (χ1) is 9.04. The molecule has 106 valence electrons. The van der Waals surface area contributed by atoms with E-state index in [1.54, 1.807) is 6.26 Å². The number of benzene rings is 1. The molecule has 0 saturated carbocycles.